The number of nitrogens with zero attached hydrogens (tertiary/aromatic N) is 3. The van der Waals surface area contributed by atoms with Gasteiger partial charge in [-0.1, -0.05) is 42.5 Å². The van der Waals surface area contributed by atoms with E-state index in [9.17, 15) is 9.59 Å². The van der Waals surface area contributed by atoms with E-state index < -0.39 is 0 Å². The van der Waals surface area contributed by atoms with E-state index >= 15 is 0 Å². The normalized spacial score (nSPS) is 17.8. The van der Waals surface area contributed by atoms with E-state index in [0.29, 0.717) is 22.6 Å². The summed E-state index contributed by atoms with van der Waals surface area (Å²) in [5, 5.41) is 6.55. The zero-order chi connectivity index (χ0) is 23.2. The molecule has 2 aromatic carbocycles. The number of aromatic nitrogens is 2. The van der Waals surface area contributed by atoms with Crippen molar-refractivity contribution < 1.29 is 9.59 Å². The van der Waals surface area contributed by atoms with E-state index in [2.05, 4.69) is 20.6 Å². The molecule has 2 N–H and O–H groups in total. The number of benzene rings is 2. The monoisotopic (exact) mass is 443 g/mol. The highest BCUT2D eigenvalue weighted by atomic mass is 16.1. The maximum Gasteiger partial charge on any atom is 0.251 e. The highest BCUT2D eigenvalue weighted by molar-refractivity contribution is 6.10. The van der Waals surface area contributed by atoms with Crippen LogP contribution >= 0.6 is 0 Å². The minimum Gasteiger partial charge on any atom is -0.363 e. The third-order valence-corrected chi connectivity index (χ3v) is 5.92. The molecular weight excluding hydrogens is 414 g/mol. The number of ketones is 1. The SMILES string of the molecule is CN(C)c1ccnc(NC2CCC(NC(=O)c3cccc(C(=O)c4ccccc4)c3)CC2)n1. The quantitative estimate of drug-likeness (QED) is 0.538. The largest absolute Gasteiger partial charge is 0.363 e. The van der Waals surface area contributed by atoms with Crippen LogP contribution in [-0.4, -0.2) is 47.8 Å². The number of carbonyl (C=O) groups is 2. The molecule has 0 bridgehead atoms. The third kappa shape index (κ3) is 5.74. The predicted molar refractivity (Wildman–Crippen MR) is 130 cm³/mol. The summed E-state index contributed by atoms with van der Waals surface area (Å²) in [5.41, 5.74) is 1.63. The summed E-state index contributed by atoms with van der Waals surface area (Å²) in [6.07, 6.45) is 5.35. The number of carbonyl (C=O) groups excluding carboxylic acids is 2. The first-order chi connectivity index (χ1) is 16.0. The van der Waals surface area contributed by atoms with Crippen molar-refractivity contribution in [2.75, 3.05) is 24.3 Å². The molecule has 1 aromatic heterocycles. The van der Waals surface area contributed by atoms with Crippen molar-refractivity contribution in [2.45, 2.75) is 37.8 Å². The minimum atomic E-state index is -0.142. The van der Waals surface area contributed by atoms with Gasteiger partial charge >= 0.3 is 0 Å². The van der Waals surface area contributed by atoms with Crippen LogP contribution < -0.4 is 15.5 Å². The second-order valence-corrected chi connectivity index (χ2v) is 8.58. The number of nitrogens with one attached hydrogen (secondary N) is 2. The summed E-state index contributed by atoms with van der Waals surface area (Å²) in [7, 11) is 3.90. The molecule has 7 nitrogen and oxygen atoms in total. The van der Waals surface area contributed by atoms with Crippen LogP contribution in [-0.2, 0) is 0 Å². The summed E-state index contributed by atoms with van der Waals surface area (Å²) < 4.78 is 0. The Bertz CT molecular complexity index is 1110. The van der Waals surface area contributed by atoms with Crippen LogP contribution in [0.15, 0.2) is 66.9 Å². The second-order valence-electron chi connectivity index (χ2n) is 8.58. The van der Waals surface area contributed by atoms with Crippen LogP contribution in [0.5, 0.6) is 0 Å². The molecule has 0 saturated heterocycles. The lowest BCUT2D eigenvalue weighted by Crippen LogP contribution is -2.40. The molecule has 7 heteroatoms. The van der Waals surface area contributed by atoms with Crippen LogP contribution in [0.1, 0.15) is 52.0 Å². The Balaban J connectivity index is 1.31. The number of hydrogen-bond donors (Lipinski definition) is 2. The highest BCUT2D eigenvalue weighted by Crippen LogP contribution is 2.22. The van der Waals surface area contributed by atoms with E-state index in [4.69, 9.17) is 0 Å². The van der Waals surface area contributed by atoms with E-state index in [1.807, 2.05) is 43.3 Å². The van der Waals surface area contributed by atoms with Gasteiger partial charge in [-0.05, 0) is 43.9 Å². The maximum absolute atomic E-state index is 12.8. The zero-order valence-corrected chi connectivity index (χ0v) is 19.0. The summed E-state index contributed by atoms with van der Waals surface area (Å²) >= 11 is 0. The fourth-order valence-electron chi connectivity index (χ4n) is 4.06. The first kappa shape index (κ1) is 22.5. The van der Waals surface area contributed by atoms with Crippen molar-refractivity contribution in [3.8, 4) is 0 Å². The van der Waals surface area contributed by atoms with Gasteiger partial charge in [0, 0.05) is 49.1 Å². The highest BCUT2D eigenvalue weighted by Gasteiger charge is 2.23. The minimum absolute atomic E-state index is 0.0858. The summed E-state index contributed by atoms with van der Waals surface area (Å²) in [6, 6.07) is 18.3. The molecule has 1 amide bonds. The standard InChI is InChI=1S/C26H29N5O2/c1-31(2)23-15-16-27-26(30-23)29-22-13-11-21(12-14-22)28-25(33)20-10-6-9-19(17-20)24(32)18-7-4-3-5-8-18/h3-10,15-17,21-22H,11-14H2,1-2H3,(H,28,33)(H,27,29,30). The number of amides is 1. The van der Waals surface area contributed by atoms with Crippen LogP contribution in [0.3, 0.4) is 0 Å². The van der Waals surface area contributed by atoms with Gasteiger partial charge in [0.15, 0.2) is 5.78 Å². The van der Waals surface area contributed by atoms with Gasteiger partial charge in [0.2, 0.25) is 5.95 Å². The Morgan fingerprint density at radius 1 is 0.848 bits per heavy atom. The van der Waals surface area contributed by atoms with Gasteiger partial charge in [-0.2, -0.15) is 4.98 Å². The predicted octanol–water partition coefficient (Wildman–Crippen LogP) is 3.93. The summed E-state index contributed by atoms with van der Waals surface area (Å²) in [4.78, 5) is 36.3. The molecule has 0 atom stereocenters. The van der Waals surface area contributed by atoms with Crippen molar-refractivity contribution >= 4 is 23.5 Å². The van der Waals surface area contributed by atoms with Crippen LogP contribution in [0.4, 0.5) is 11.8 Å². The molecule has 1 aliphatic carbocycles. The molecular formula is C26H29N5O2. The molecule has 33 heavy (non-hydrogen) atoms. The Morgan fingerprint density at radius 3 is 2.24 bits per heavy atom. The zero-order valence-electron chi connectivity index (χ0n) is 19.0. The molecule has 3 aromatic rings. The van der Waals surface area contributed by atoms with E-state index in [1.54, 1.807) is 42.6 Å². The number of hydrogen-bond acceptors (Lipinski definition) is 6. The molecule has 0 spiro atoms. The Labute approximate surface area is 194 Å². The van der Waals surface area contributed by atoms with Gasteiger partial charge in [-0.15, -0.1) is 0 Å². The second kappa shape index (κ2) is 10.3. The van der Waals surface area contributed by atoms with Crippen molar-refractivity contribution in [2.24, 2.45) is 0 Å². The first-order valence-electron chi connectivity index (χ1n) is 11.3. The van der Waals surface area contributed by atoms with Crippen molar-refractivity contribution in [1.29, 1.82) is 0 Å². The molecule has 170 valence electrons. The van der Waals surface area contributed by atoms with Crippen LogP contribution in [0.25, 0.3) is 0 Å². The van der Waals surface area contributed by atoms with Crippen LogP contribution in [0.2, 0.25) is 0 Å². The van der Waals surface area contributed by atoms with Crippen molar-refractivity contribution in [3.05, 3.63) is 83.6 Å². The lowest BCUT2D eigenvalue weighted by Gasteiger charge is -2.29. The van der Waals surface area contributed by atoms with Crippen LogP contribution in [0, 0.1) is 0 Å². The fraction of sp³-hybridized carbons (Fsp3) is 0.308. The lowest BCUT2D eigenvalue weighted by molar-refractivity contribution is 0.0926. The van der Waals surface area contributed by atoms with E-state index in [0.717, 1.165) is 31.5 Å². The van der Waals surface area contributed by atoms with Gasteiger partial charge in [0.05, 0.1) is 0 Å². The number of rotatable bonds is 7. The molecule has 1 saturated carbocycles. The Kier molecular flexibility index (Phi) is 6.98. The molecule has 1 fully saturated rings. The maximum atomic E-state index is 12.8. The van der Waals surface area contributed by atoms with Gasteiger partial charge in [-0.3, -0.25) is 9.59 Å². The average Bonchev–Trinajstić information content (AvgIpc) is 2.85. The van der Waals surface area contributed by atoms with Gasteiger partial charge in [0.25, 0.3) is 5.91 Å². The molecule has 0 unspecified atom stereocenters. The third-order valence-electron chi connectivity index (χ3n) is 5.92. The van der Waals surface area contributed by atoms with Crippen molar-refractivity contribution in [1.82, 2.24) is 15.3 Å². The Morgan fingerprint density at radius 2 is 1.52 bits per heavy atom. The van der Waals surface area contributed by atoms with Gasteiger partial charge in [-0.25, -0.2) is 4.98 Å². The van der Waals surface area contributed by atoms with Gasteiger partial charge in [0.1, 0.15) is 5.82 Å². The summed E-state index contributed by atoms with van der Waals surface area (Å²) in [6.45, 7) is 0. The first-order valence-corrected chi connectivity index (χ1v) is 11.3. The summed E-state index contributed by atoms with van der Waals surface area (Å²) in [5.74, 6) is 1.27. The Hall–Kier alpha value is -3.74. The topological polar surface area (TPSA) is 87.2 Å². The molecule has 1 heterocycles. The molecule has 1 aliphatic rings. The average molecular weight is 444 g/mol. The lowest BCUT2D eigenvalue weighted by atomic mass is 9.91. The molecule has 0 radical (unpaired) electrons. The number of anilines is 2. The smallest absolute Gasteiger partial charge is 0.251 e. The van der Waals surface area contributed by atoms with E-state index in [1.165, 1.54) is 0 Å². The van der Waals surface area contributed by atoms with E-state index in [-0.39, 0.29) is 23.8 Å². The molecule has 0 aliphatic heterocycles. The fourth-order valence-corrected chi connectivity index (χ4v) is 4.06. The molecule has 4 rings (SSSR count). The van der Waals surface area contributed by atoms with Crippen molar-refractivity contribution in [3.63, 3.8) is 0 Å². The van der Waals surface area contributed by atoms with Gasteiger partial charge < -0.3 is 15.5 Å².